The molecular formula is C19H24N2O3. The third-order valence-corrected chi connectivity index (χ3v) is 4.44. The Morgan fingerprint density at radius 3 is 3.12 bits per heavy atom. The molecular weight excluding hydrogens is 304 g/mol. The van der Waals surface area contributed by atoms with Gasteiger partial charge in [-0.3, -0.25) is 9.69 Å². The van der Waals surface area contributed by atoms with Gasteiger partial charge in [-0.1, -0.05) is 28.9 Å². The van der Waals surface area contributed by atoms with Gasteiger partial charge in [-0.25, -0.2) is 0 Å². The summed E-state index contributed by atoms with van der Waals surface area (Å²) in [6, 6.07) is 8.22. The van der Waals surface area contributed by atoms with E-state index >= 15 is 0 Å². The first-order valence-corrected chi connectivity index (χ1v) is 8.57. The first kappa shape index (κ1) is 16.7. The molecule has 0 N–H and O–H groups in total. The van der Waals surface area contributed by atoms with Gasteiger partial charge in [-0.15, -0.1) is 0 Å². The van der Waals surface area contributed by atoms with Gasteiger partial charge in [0.15, 0.2) is 5.76 Å². The molecule has 2 heterocycles. The van der Waals surface area contributed by atoms with Crippen LogP contribution >= 0.6 is 0 Å². The molecule has 5 nitrogen and oxygen atoms in total. The lowest BCUT2D eigenvalue weighted by atomic mass is 9.97. The number of aromatic nitrogens is 1. The van der Waals surface area contributed by atoms with Crippen LogP contribution in [0.15, 0.2) is 35.0 Å². The maximum absolute atomic E-state index is 12.0. The van der Waals surface area contributed by atoms with Gasteiger partial charge in [0, 0.05) is 24.2 Å². The lowest BCUT2D eigenvalue weighted by molar-refractivity contribution is -0.150. The van der Waals surface area contributed by atoms with Crippen molar-refractivity contribution in [1.29, 1.82) is 0 Å². The van der Waals surface area contributed by atoms with Crippen molar-refractivity contribution in [3.05, 3.63) is 41.6 Å². The summed E-state index contributed by atoms with van der Waals surface area (Å²) < 4.78 is 10.7. The Bertz CT molecular complexity index is 695. The van der Waals surface area contributed by atoms with E-state index in [1.165, 1.54) is 5.56 Å². The summed E-state index contributed by atoms with van der Waals surface area (Å²) in [6.07, 6.45) is 3.70. The first-order valence-electron chi connectivity index (χ1n) is 8.57. The van der Waals surface area contributed by atoms with Crippen molar-refractivity contribution in [3.63, 3.8) is 0 Å². The lowest BCUT2D eigenvalue weighted by Gasteiger charge is -2.31. The highest BCUT2D eigenvalue weighted by Crippen LogP contribution is 2.27. The molecule has 0 bridgehead atoms. The number of aryl methyl sites for hydroxylation is 1. The van der Waals surface area contributed by atoms with E-state index in [2.05, 4.69) is 29.1 Å². The van der Waals surface area contributed by atoms with E-state index in [9.17, 15) is 4.79 Å². The quantitative estimate of drug-likeness (QED) is 0.787. The number of esters is 1. The second-order valence-corrected chi connectivity index (χ2v) is 6.38. The largest absolute Gasteiger partial charge is 0.466 e. The molecule has 0 unspecified atom stereocenters. The Hall–Kier alpha value is -2.14. The van der Waals surface area contributed by atoms with Crippen LogP contribution in [0, 0.1) is 12.8 Å². The van der Waals surface area contributed by atoms with E-state index in [4.69, 9.17) is 9.26 Å². The Kier molecular flexibility index (Phi) is 5.30. The zero-order chi connectivity index (χ0) is 16.9. The van der Waals surface area contributed by atoms with E-state index in [0.29, 0.717) is 6.61 Å². The van der Waals surface area contributed by atoms with Gasteiger partial charge in [0.25, 0.3) is 0 Å². The van der Waals surface area contributed by atoms with Crippen LogP contribution in [0.1, 0.15) is 30.9 Å². The van der Waals surface area contributed by atoms with Gasteiger partial charge < -0.3 is 9.26 Å². The molecule has 5 heteroatoms. The number of rotatable bonds is 5. The van der Waals surface area contributed by atoms with Crippen molar-refractivity contribution in [1.82, 2.24) is 10.1 Å². The Morgan fingerprint density at radius 1 is 1.46 bits per heavy atom. The molecule has 1 aliphatic rings. The van der Waals surface area contributed by atoms with E-state index < -0.39 is 0 Å². The molecule has 1 atom stereocenters. The van der Waals surface area contributed by atoms with Gasteiger partial charge in [0.1, 0.15) is 0 Å². The summed E-state index contributed by atoms with van der Waals surface area (Å²) in [6.45, 7) is 6.81. The van der Waals surface area contributed by atoms with Crippen molar-refractivity contribution in [2.75, 3.05) is 19.7 Å². The Balaban J connectivity index is 1.71. The third-order valence-electron chi connectivity index (χ3n) is 4.44. The fraction of sp³-hybridized carbons (Fsp3) is 0.474. The average molecular weight is 328 g/mol. The number of carbonyl (C=O) groups is 1. The lowest BCUT2D eigenvalue weighted by Crippen LogP contribution is -2.38. The molecule has 24 heavy (non-hydrogen) atoms. The fourth-order valence-electron chi connectivity index (χ4n) is 3.29. The van der Waals surface area contributed by atoms with Crippen molar-refractivity contribution in [2.24, 2.45) is 5.92 Å². The number of piperidine rings is 1. The maximum Gasteiger partial charge on any atom is 0.310 e. The topological polar surface area (TPSA) is 55.6 Å². The molecule has 0 saturated carbocycles. The summed E-state index contributed by atoms with van der Waals surface area (Å²) >= 11 is 0. The second kappa shape index (κ2) is 7.62. The number of carbonyl (C=O) groups excluding carboxylic acids is 1. The van der Waals surface area contributed by atoms with E-state index in [0.717, 1.165) is 49.4 Å². The smallest absolute Gasteiger partial charge is 0.310 e. The van der Waals surface area contributed by atoms with Crippen LogP contribution in [0.3, 0.4) is 0 Å². The molecule has 1 aromatic heterocycles. The SMILES string of the molecule is CCOC(=O)[C@H]1CCCN(Cc2cnoc2-c2cccc(C)c2)C1. The normalized spacial score (nSPS) is 18.5. The summed E-state index contributed by atoms with van der Waals surface area (Å²) in [7, 11) is 0. The number of hydrogen-bond acceptors (Lipinski definition) is 5. The number of likely N-dealkylation sites (tertiary alicyclic amines) is 1. The van der Waals surface area contributed by atoms with Crippen molar-refractivity contribution in [3.8, 4) is 11.3 Å². The molecule has 0 spiro atoms. The highest BCUT2D eigenvalue weighted by Gasteiger charge is 2.27. The van der Waals surface area contributed by atoms with Crippen molar-refractivity contribution >= 4 is 5.97 Å². The van der Waals surface area contributed by atoms with Crippen LogP contribution in [0.2, 0.25) is 0 Å². The number of ether oxygens (including phenoxy) is 1. The van der Waals surface area contributed by atoms with E-state index in [1.54, 1.807) is 6.20 Å². The monoisotopic (exact) mass is 328 g/mol. The van der Waals surface area contributed by atoms with Gasteiger partial charge >= 0.3 is 5.97 Å². The highest BCUT2D eigenvalue weighted by atomic mass is 16.5. The van der Waals surface area contributed by atoms with Crippen LogP contribution in [0.25, 0.3) is 11.3 Å². The third kappa shape index (κ3) is 3.85. The minimum absolute atomic E-state index is 0.0269. The van der Waals surface area contributed by atoms with E-state index in [1.807, 2.05) is 19.1 Å². The summed E-state index contributed by atoms with van der Waals surface area (Å²) in [5.74, 6) is 0.712. The van der Waals surface area contributed by atoms with Gasteiger partial charge in [0.05, 0.1) is 18.7 Å². The zero-order valence-electron chi connectivity index (χ0n) is 14.3. The average Bonchev–Trinajstić information content (AvgIpc) is 3.03. The predicted molar refractivity (Wildman–Crippen MR) is 91.3 cm³/mol. The number of hydrogen-bond donors (Lipinski definition) is 0. The standard InChI is InChI=1S/C19H24N2O3/c1-3-23-19(22)16-8-5-9-21(12-16)13-17-11-20-24-18(17)15-7-4-6-14(2)10-15/h4,6-7,10-11,16H,3,5,8-9,12-13H2,1-2H3/t16-/m0/s1. The fourth-order valence-corrected chi connectivity index (χ4v) is 3.29. The van der Waals surface area contributed by atoms with Crippen LogP contribution in [-0.2, 0) is 16.1 Å². The summed E-state index contributed by atoms with van der Waals surface area (Å²) in [5, 5.41) is 3.98. The molecule has 0 radical (unpaired) electrons. The molecule has 128 valence electrons. The predicted octanol–water partition coefficient (Wildman–Crippen LogP) is 3.43. The molecule has 0 amide bonds. The van der Waals surface area contributed by atoms with Crippen LogP contribution in [0.5, 0.6) is 0 Å². The minimum Gasteiger partial charge on any atom is -0.466 e. The minimum atomic E-state index is -0.0774. The molecule has 1 aliphatic heterocycles. The van der Waals surface area contributed by atoms with Gasteiger partial charge in [-0.05, 0) is 39.3 Å². The van der Waals surface area contributed by atoms with Crippen molar-refractivity contribution in [2.45, 2.75) is 33.2 Å². The Labute approximate surface area is 142 Å². The van der Waals surface area contributed by atoms with Crippen molar-refractivity contribution < 1.29 is 14.1 Å². The molecule has 3 rings (SSSR count). The van der Waals surface area contributed by atoms with E-state index in [-0.39, 0.29) is 11.9 Å². The van der Waals surface area contributed by atoms with Crippen LogP contribution in [-0.4, -0.2) is 35.7 Å². The first-order chi connectivity index (χ1) is 11.7. The zero-order valence-corrected chi connectivity index (χ0v) is 14.3. The highest BCUT2D eigenvalue weighted by molar-refractivity contribution is 5.72. The van der Waals surface area contributed by atoms with Gasteiger partial charge in [0.2, 0.25) is 0 Å². The molecule has 0 aliphatic carbocycles. The second-order valence-electron chi connectivity index (χ2n) is 6.38. The van der Waals surface area contributed by atoms with Gasteiger partial charge in [-0.2, -0.15) is 0 Å². The van der Waals surface area contributed by atoms with Crippen LogP contribution < -0.4 is 0 Å². The summed E-state index contributed by atoms with van der Waals surface area (Å²) in [4.78, 5) is 14.3. The number of nitrogens with zero attached hydrogens (tertiary/aromatic N) is 2. The number of benzene rings is 1. The molecule has 1 saturated heterocycles. The molecule has 1 fully saturated rings. The maximum atomic E-state index is 12.0. The van der Waals surface area contributed by atoms with Crippen LogP contribution in [0.4, 0.5) is 0 Å². The Morgan fingerprint density at radius 2 is 2.33 bits per heavy atom. The molecule has 2 aromatic rings. The molecule has 1 aromatic carbocycles. The summed E-state index contributed by atoms with van der Waals surface area (Å²) in [5.41, 5.74) is 3.29.